The molecule has 0 aromatic rings. The van der Waals surface area contributed by atoms with Crippen LogP contribution in [-0.4, -0.2) is 10.7 Å². The van der Waals surface area contributed by atoms with E-state index in [9.17, 15) is 5.11 Å². The predicted molar refractivity (Wildman–Crippen MR) is 65.8 cm³/mol. The quantitative estimate of drug-likeness (QED) is 0.701. The van der Waals surface area contributed by atoms with E-state index in [1.165, 1.54) is 19.3 Å². The molecule has 0 bridgehead atoms. The van der Waals surface area contributed by atoms with Crippen molar-refractivity contribution in [1.82, 2.24) is 0 Å². The summed E-state index contributed by atoms with van der Waals surface area (Å²) in [4.78, 5) is 0. The fraction of sp³-hybridized carbons (Fsp3) is 1.00. The summed E-state index contributed by atoms with van der Waals surface area (Å²) in [5.74, 6) is 2.24. The summed E-state index contributed by atoms with van der Waals surface area (Å²) in [6, 6.07) is 0. The highest BCUT2D eigenvalue weighted by atomic mass is 16.3. The predicted octanol–water partition coefficient (Wildman–Crippen LogP) is 4.00. The van der Waals surface area contributed by atoms with Gasteiger partial charge in [0.1, 0.15) is 0 Å². The average Bonchev–Trinajstić information content (AvgIpc) is 2.25. The fourth-order valence-electron chi connectivity index (χ4n) is 3.05. The van der Waals surface area contributed by atoms with Crippen molar-refractivity contribution in [2.75, 3.05) is 0 Å². The number of hydrogen-bond acceptors (Lipinski definition) is 1. The van der Waals surface area contributed by atoms with E-state index in [-0.39, 0.29) is 5.60 Å². The molecule has 90 valence electrons. The molecule has 1 saturated carbocycles. The molecule has 15 heavy (non-hydrogen) atoms. The van der Waals surface area contributed by atoms with Gasteiger partial charge in [-0.3, -0.25) is 0 Å². The first-order valence-electron chi connectivity index (χ1n) is 6.65. The van der Waals surface area contributed by atoms with E-state index in [1.807, 2.05) is 0 Å². The van der Waals surface area contributed by atoms with Gasteiger partial charge in [-0.1, -0.05) is 40.5 Å². The Morgan fingerprint density at radius 1 is 1.13 bits per heavy atom. The van der Waals surface area contributed by atoms with Crippen molar-refractivity contribution in [3.8, 4) is 0 Å². The van der Waals surface area contributed by atoms with Crippen molar-refractivity contribution in [2.45, 2.75) is 71.8 Å². The summed E-state index contributed by atoms with van der Waals surface area (Å²) < 4.78 is 0. The van der Waals surface area contributed by atoms with E-state index < -0.39 is 0 Å². The summed E-state index contributed by atoms with van der Waals surface area (Å²) in [5, 5.41) is 10.5. The second kappa shape index (κ2) is 5.34. The zero-order chi connectivity index (χ0) is 11.5. The molecule has 1 aliphatic rings. The number of hydrogen-bond donors (Lipinski definition) is 1. The molecule has 1 aliphatic carbocycles. The highest BCUT2D eigenvalue weighted by Gasteiger charge is 2.31. The van der Waals surface area contributed by atoms with Crippen molar-refractivity contribution in [2.24, 2.45) is 17.8 Å². The standard InChI is InChI=1S/C14H28O/c1-11(2)10-14(15)8-5-6-13(7-9-14)12(3)4/h11-13,15H,5-10H2,1-4H3. The lowest BCUT2D eigenvalue weighted by molar-refractivity contribution is 0.00389. The van der Waals surface area contributed by atoms with Gasteiger partial charge in [0.25, 0.3) is 0 Å². The van der Waals surface area contributed by atoms with Gasteiger partial charge in [-0.25, -0.2) is 0 Å². The van der Waals surface area contributed by atoms with Crippen LogP contribution in [0.1, 0.15) is 66.2 Å². The Kier molecular flexibility index (Phi) is 4.64. The molecule has 0 saturated heterocycles. The van der Waals surface area contributed by atoms with Crippen LogP contribution in [0.4, 0.5) is 0 Å². The Balaban J connectivity index is 2.51. The zero-order valence-corrected chi connectivity index (χ0v) is 10.9. The summed E-state index contributed by atoms with van der Waals surface area (Å²) in [6.45, 7) is 9.06. The Morgan fingerprint density at radius 2 is 1.80 bits per heavy atom. The van der Waals surface area contributed by atoms with Crippen molar-refractivity contribution in [3.63, 3.8) is 0 Å². The third-order valence-corrected chi connectivity index (χ3v) is 3.93. The van der Waals surface area contributed by atoms with Crippen LogP contribution in [0.2, 0.25) is 0 Å². The molecule has 1 N–H and O–H groups in total. The summed E-state index contributed by atoms with van der Waals surface area (Å²) in [5.41, 5.74) is -0.349. The Hall–Kier alpha value is -0.0400. The van der Waals surface area contributed by atoms with E-state index in [0.717, 1.165) is 31.1 Å². The smallest absolute Gasteiger partial charge is 0.0650 e. The molecule has 0 amide bonds. The normalized spacial score (nSPS) is 33.4. The van der Waals surface area contributed by atoms with Gasteiger partial charge >= 0.3 is 0 Å². The first-order chi connectivity index (χ1) is 6.93. The van der Waals surface area contributed by atoms with Crippen molar-refractivity contribution in [1.29, 1.82) is 0 Å². The van der Waals surface area contributed by atoms with Crippen LogP contribution in [0.3, 0.4) is 0 Å². The molecule has 0 spiro atoms. The monoisotopic (exact) mass is 212 g/mol. The highest BCUT2D eigenvalue weighted by molar-refractivity contribution is 4.84. The van der Waals surface area contributed by atoms with Crippen LogP contribution in [0.5, 0.6) is 0 Å². The molecule has 0 radical (unpaired) electrons. The maximum absolute atomic E-state index is 10.5. The highest BCUT2D eigenvalue weighted by Crippen LogP contribution is 2.37. The lowest BCUT2D eigenvalue weighted by atomic mass is 9.84. The second-order valence-corrected chi connectivity index (χ2v) is 6.26. The first kappa shape index (κ1) is 13.0. The lowest BCUT2D eigenvalue weighted by Gasteiger charge is -2.28. The minimum Gasteiger partial charge on any atom is -0.390 e. The Bertz CT molecular complexity index is 186. The van der Waals surface area contributed by atoms with E-state index >= 15 is 0 Å². The van der Waals surface area contributed by atoms with Gasteiger partial charge in [-0.05, 0) is 43.4 Å². The van der Waals surface area contributed by atoms with Crippen LogP contribution in [0.25, 0.3) is 0 Å². The van der Waals surface area contributed by atoms with Gasteiger partial charge in [-0.15, -0.1) is 0 Å². The molecule has 1 heteroatoms. The zero-order valence-electron chi connectivity index (χ0n) is 10.9. The van der Waals surface area contributed by atoms with Gasteiger partial charge in [0, 0.05) is 0 Å². The number of aliphatic hydroxyl groups is 1. The molecule has 2 unspecified atom stereocenters. The molecule has 0 heterocycles. The van der Waals surface area contributed by atoms with Crippen LogP contribution < -0.4 is 0 Å². The van der Waals surface area contributed by atoms with E-state index in [4.69, 9.17) is 0 Å². The van der Waals surface area contributed by atoms with Crippen LogP contribution in [0.15, 0.2) is 0 Å². The topological polar surface area (TPSA) is 20.2 Å². The maximum Gasteiger partial charge on any atom is 0.0650 e. The van der Waals surface area contributed by atoms with Crippen molar-refractivity contribution in [3.05, 3.63) is 0 Å². The van der Waals surface area contributed by atoms with E-state index in [1.54, 1.807) is 0 Å². The van der Waals surface area contributed by atoms with Gasteiger partial charge in [0.2, 0.25) is 0 Å². The van der Waals surface area contributed by atoms with Gasteiger partial charge in [0.15, 0.2) is 0 Å². The Labute approximate surface area is 95.3 Å². The third-order valence-electron chi connectivity index (χ3n) is 3.93. The minimum atomic E-state index is -0.349. The molecular weight excluding hydrogens is 184 g/mol. The average molecular weight is 212 g/mol. The van der Waals surface area contributed by atoms with Crippen molar-refractivity contribution < 1.29 is 5.11 Å². The largest absolute Gasteiger partial charge is 0.390 e. The molecule has 0 aromatic heterocycles. The van der Waals surface area contributed by atoms with Crippen LogP contribution in [0, 0.1) is 17.8 Å². The summed E-state index contributed by atoms with van der Waals surface area (Å²) in [6.07, 6.45) is 6.78. The Morgan fingerprint density at radius 3 is 2.33 bits per heavy atom. The third kappa shape index (κ3) is 4.14. The van der Waals surface area contributed by atoms with Gasteiger partial charge in [-0.2, -0.15) is 0 Å². The van der Waals surface area contributed by atoms with Gasteiger partial charge in [0.05, 0.1) is 5.60 Å². The lowest BCUT2D eigenvalue weighted by Crippen LogP contribution is -2.29. The molecular formula is C14H28O. The maximum atomic E-state index is 10.5. The van der Waals surface area contributed by atoms with Crippen molar-refractivity contribution >= 4 is 0 Å². The minimum absolute atomic E-state index is 0.349. The molecule has 0 aromatic carbocycles. The summed E-state index contributed by atoms with van der Waals surface area (Å²) >= 11 is 0. The molecule has 1 rings (SSSR count). The van der Waals surface area contributed by atoms with Crippen LogP contribution in [-0.2, 0) is 0 Å². The van der Waals surface area contributed by atoms with Crippen LogP contribution >= 0.6 is 0 Å². The number of rotatable bonds is 3. The molecule has 2 atom stereocenters. The summed E-state index contributed by atoms with van der Waals surface area (Å²) in [7, 11) is 0. The van der Waals surface area contributed by atoms with Gasteiger partial charge < -0.3 is 5.11 Å². The second-order valence-electron chi connectivity index (χ2n) is 6.26. The SMILES string of the molecule is CC(C)CC1(O)CCCC(C(C)C)CC1. The molecule has 1 fully saturated rings. The molecule has 1 nitrogen and oxygen atoms in total. The van der Waals surface area contributed by atoms with E-state index in [2.05, 4.69) is 27.7 Å². The van der Waals surface area contributed by atoms with E-state index in [0.29, 0.717) is 5.92 Å². The first-order valence-corrected chi connectivity index (χ1v) is 6.65. The molecule has 0 aliphatic heterocycles. The fourth-order valence-corrected chi connectivity index (χ4v) is 3.05.